The molecule has 2 atom stereocenters. The van der Waals surface area contributed by atoms with Crippen LogP contribution >= 0.6 is 0 Å². The van der Waals surface area contributed by atoms with E-state index in [1.54, 1.807) is 26.4 Å². The van der Waals surface area contributed by atoms with Crippen LogP contribution in [0, 0.1) is 5.82 Å². The molecule has 1 aliphatic rings. The number of nitrogens with two attached hydrogens (primary N) is 1. The summed E-state index contributed by atoms with van der Waals surface area (Å²) in [5, 5.41) is 11.5. The molecular formula is C14H20FN3O3. The number of halogens is 1. The predicted octanol–water partition coefficient (Wildman–Crippen LogP) is 0.766. The number of methoxy groups -OCH3 is 2. The van der Waals surface area contributed by atoms with Crippen LogP contribution in [0.15, 0.2) is 23.4 Å². The Morgan fingerprint density at radius 2 is 2.00 bits per heavy atom. The molecule has 1 fully saturated rings. The maximum Gasteiger partial charge on any atom is 0.173 e. The first-order valence-electron chi connectivity index (χ1n) is 6.64. The summed E-state index contributed by atoms with van der Waals surface area (Å²) in [5.41, 5.74) is 6.06. The Hall–Kier alpha value is -1.70. The van der Waals surface area contributed by atoms with Gasteiger partial charge in [0.25, 0.3) is 0 Å². The lowest BCUT2D eigenvalue weighted by Crippen LogP contribution is -2.27. The van der Waals surface area contributed by atoms with Gasteiger partial charge in [0.2, 0.25) is 0 Å². The highest BCUT2D eigenvalue weighted by Gasteiger charge is 2.33. The molecule has 1 saturated heterocycles. The molecule has 1 heterocycles. The number of likely N-dealkylation sites (tertiary alicyclic amines) is 1. The number of oxime groups is 1. The average molecular weight is 297 g/mol. The Kier molecular flexibility index (Phi) is 5.11. The molecule has 1 aromatic rings. The largest absolute Gasteiger partial charge is 0.409 e. The molecule has 2 unspecified atom stereocenters. The van der Waals surface area contributed by atoms with Crippen molar-refractivity contribution >= 4 is 5.84 Å². The molecule has 21 heavy (non-hydrogen) atoms. The fraction of sp³-hybridized carbons (Fsp3) is 0.500. The summed E-state index contributed by atoms with van der Waals surface area (Å²) in [7, 11) is 3.28. The monoisotopic (exact) mass is 297 g/mol. The lowest BCUT2D eigenvalue weighted by atomic mass is 10.1. The van der Waals surface area contributed by atoms with Crippen molar-refractivity contribution in [1.82, 2.24) is 4.90 Å². The molecule has 0 radical (unpaired) electrons. The number of rotatable bonds is 5. The fourth-order valence-corrected chi connectivity index (χ4v) is 2.59. The summed E-state index contributed by atoms with van der Waals surface area (Å²) in [6.07, 6.45) is -0.0457. The van der Waals surface area contributed by atoms with Crippen molar-refractivity contribution in [3.8, 4) is 0 Å². The predicted molar refractivity (Wildman–Crippen MR) is 75.8 cm³/mol. The molecule has 6 nitrogen and oxygen atoms in total. The second kappa shape index (κ2) is 6.84. The maximum atomic E-state index is 14.4. The Labute approximate surface area is 122 Å². The molecular weight excluding hydrogens is 277 g/mol. The van der Waals surface area contributed by atoms with E-state index in [-0.39, 0.29) is 23.6 Å². The van der Waals surface area contributed by atoms with Crippen LogP contribution in [-0.2, 0) is 16.0 Å². The van der Waals surface area contributed by atoms with Crippen LogP contribution in [0.2, 0.25) is 0 Å². The number of hydrogen-bond donors (Lipinski definition) is 2. The third kappa shape index (κ3) is 3.31. The molecule has 0 amide bonds. The van der Waals surface area contributed by atoms with Gasteiger partial charge >= 0.3 is 0 Å². The lowest BCUT2D eigenvalue weighted by molar-refractivity contribution is -0.00461. The summed E-state index contributed by atoms with van der Waals surface area (Å²) in [6, 6.07) is 4.85. The summed E-state index contributed by atoms with van der Waals surface area (Å²) in [6.45, 7) is 1.75. The normalized spacial score (nSPS) is 23.7. The first-order chi connectivity index (χ1) is 10.1. The highest BCUT2D eigenvalue weighted by molar-refractivity contribution is 5.97. The van der Waals surface area contributed by atoms with E-state index in [0.717, 1.165) is 0 Å². The van der Waals surface area contributed by atoms with Crippen LogP contribution in [-0.4, -0.2) is 55.5 Å². The third-order valence-corrected chi connectivity index (χ3v) is 3.75. The second-order valence-electron chi connectivity index (χ2n) is 5.01. The molecule has 0 aromatic heterocycles. The van der Waals surface area contributed by atoms with Crippen LogP contribution in [0.1, 0.15) is 11.1 Å². The van der Waals surface area contributed by atoms with E-state index in [2.05, 4.69) is 10.1 Å². The minimum atomic E-state index is -0.470. The van der Waals surface area contributed by atoms with Gasteiger partial charge in [-0.05, 0) is 6.07 Å². The molecule has 0 bridgehead atoms. The molecule has 0 spiro atoms. The number of benzene rings is 1. The van der Waals surface area contributed by atoms with E-state index < -0.39 is 5.82 Å². The van der Waals surface area contributed by atoms with Gasteiger partial charge in [0.15, 0.2) is 5.84 Å². The molecule has 1 aromatic carbocycles. The number of hydrogen-bond acceptors (Lipinski definition) is 5. The van der Waals surface area contributed by atoms with Crippen LogP contribution in [0.5, 0.6) is 0 Å². The second-order valence-corrected chi connectivity index (χ2v) is 5.01. The number of ether oxygens (including phenoxy) is 2. The molecule has 3 N–H and O–H groups in total. The van der Waals surface area contributed by atoms with Crippen LogP contribution in [0.3, 0.4) is 0 Å². The highest BCUT2D eigenvalue weighted by atomic mass is 19.1. The average Bonchev–Trinajstić information content (AvgIpc) is 2.90. The van der Waals surface area contributed by atoms with Crippen LogP contribution in [0.25, 0.3) is 0 Å². The quantitative estimate of drug-likeness (QED) is 0.363. The van der Waals surface area contributed by atoms with Gasteiger partial charge in [0.1, 0.15) is 5.82 Å². The maximum absolute atomic E-state index is 14.4. The minimum Gasteiger partial charge on any atom is -0.409 e. The van der Waals surface area contributed by atoms with Gasteiger partial charge in [-0.15, -0.1) is 0 Å². The van der Waals surface area contributed by atoms with Gasteiger partial charge in [-0.2, -0.15) is 0 Å². The van der Waals surface area contributed by atoms with E-state index in [0.29, 0.717) is 25.2 Å². The van der Waals surface area contributed by atoms with Gasteiger partial charge < -0.3 is 20.4 Å². The van der Waals surface area contributed by atoms with E-state index in [4.69, 9.17) is 20.4 Å². The summed E-state index contributed by atoms with van der Waals surface area (Å²) in [4.78, 5) is 2.05. The van der Waals surface area contributed by atoms with Gasteiger partial charge in [-0.25, -0.2) is 4.39 Å². The lowest BCUT2D eigenvalue weighted by Gasteiger charge is -2.16. The number of amidine groups is 1. The van der Waals surface area contributed by atoms with Crippen molar-refractivity contribution in [1.29, 1.82) is 0 Å². The molecule has 116 valence electrons. The van der Waals surface area contributed by atoms with E-state index in [1.165, 1.54) is 6.07 Å². The summed E-state index contributed by atoms with van der Waals surface area (Å²) in [5.74, 6) is -0.706. The molecule has 1 aliphatic heterocycles. The van der Waals surface area contributed by atoms with Gasteiger partial charge in [0, 0.05) is 39.4 Å². The standard InChI is InChI=1S/C14H20FN3O3/c1-20-11-7-18(8-12(11)21-2)6-9-4-3-5-10(13(9)15)14(16)17-19/h3-5,11-12,19H,6-8H2,1-2H3,(H2,16,17). The zero-order valence-electron chi connectivity index (χ0n) is 12.1. The van der Waals surface area contributed by atoms with Gasteiger partial charge in [0.05, 0.1) is 17.8 Å². The third-order valence-electron chi connectivity index (χ3n) is 3.75. The Bertz CT molecular complexity index is 512. The highest BCUT2D eigenvalue weighted by Crippen LogP contribution is 2.21. The van der Waals surface area contributed by atoms with E-state index >= 15 is 0 Å². The van der Waals surface area contributed by atoms with Crippen molar-refractivity contribution in [3.63, 3.8) is 0 Å². The smallest absolute Gasteiger partial charge is 0.173 e. The fourth-order valence-electron chi connectivity index (χ4n) is 2.59. The van der Waals surface area contributed by atoms with Crippen molar-refractivity contribution in [2.45, 2.75) is 18.8 Å². The Balaban J connectivity index is 2.14. The zero-order chi connectivity index (χ0) is 15.4. The van der Waals surface area contributed by atoms with Gasteiger partial charge in [-0.3, -0.25) is 4.90 Å². The first-order valence-corrected chi connectivity index (χ1v) is 6.64. The van der Waals surface area contributed by atoms with Gasteiger partial charge in [-0.1, -0.05) is 17.3 Å². The Morgan fingerprint density at radius 1 is 1.38 bits per heavy atom. The van der Waals surface area contributed by atoms with Crippen molar-refractivity contribution in [2.24, 2.45) is 10.9 Å². The molecule has 0 aliphatic carbocycles. The minimum absolute atomic E-state index is 0.0229. The van der Waals surface area contributed by atoms with Crippen molar-refractivity contribution in [3.05, 3.63) is 35.1 Å². The Morgan fingerprint density at radius 3 is 2.52 bits per heavy atom. The van der Waals surface area contributed by atoms with E-state index in [1.807, 2.05) is 0 Å². The topological polar surface area (TPSA) is 80.3 Å². The SMILES string of the molecule is COC1CN(Cc2cccc(/C(N)=N/O)c2F)CC1OC. The molecule has 0 saturated carbocycles. The van der Waals surface area contributed by atoms with E-state index in [9.17, 15) is 4.39 Å². The van der Waals surface area contributed by atoms with Crippen LogP contribution < -0.4 is 5.73 Å². The summed E-state index contributed by atoms with van der Waals surface area (Å²) >= 11 is 0. The van der Waals surface area contributed by atoms with Crippen LogP contribution in [0.4, 0.5) is 4.39 Å². The first kappa shape index (κ1) is 15.7. The molecule has 2 rings (SSSR count). The van der Waals surface area contributed by atoms with Crippen molar-refractivity contribution < 1.29 is 19.1 Å². The molecule has 7 heteroatoms. The summed E-state index contributed by atoms with van der Waals surface area (Å²) < 4.78 is 25.1. The number of nitrogens with zero attached hydrogens (tertiary/aromatic N) is 2. The van der Waals surface area contributed by atoms with Crippen molar-refractivity contribution in [2.75, 3.05) is 27.3 Å². The zero-order valence-corrected chi connectivity index (χ0v) is 12.1.